The van der Waals surface area contributed by atoms with E-state index in [1.54, 1.807) is 23.0 Å². The second-order valence-corrected chi connectivity index (χ2v) is 10.6. The first-order chi connectivity index (χ1) is 15.0. The van der Waals surface area contributed by atoms with E-state index in [-0.39, 0.29) is 18.9 Å². The molecule has 1 aromatic carbocycles. The van der Waals surface area contributed by atoms with Crippen LogP contribution in [-0.4, -0.2) is 62.7 Å². The van der Waals surface area contributed by atoms with Crippen molar-refractivity contribution < 1.29 is 28.6 Å². The number of sulfone groups is 1. The van der Waals surface area contributed by atoms with E-state index in [0.717, 1.165) is 17.2 Å². The van der Waals surface area contributed by atoms with Gasteiger partial charge >= 0.3 is 0 Å². The fraction of sp³-hybridized carbons (Fsp3) is 0.455. The van der Waals surface area contributed by atoms with E-state index in [4.69, 9.17) is 5.21 Å². The molecule has 32 heavy (non-hydrogen) atoms. The van der Waals surface area contributed by atoms with Crippen LogP contribution >= 0.6 is 0 Å². The van der Waals surface area contributed by atoms with Gasteiger partial charge in [-0.25, -0.2) is 13.9 Å². The number of aliphatic hydroxyl groups excluding tert-OH is 2. The first kappa shape index (κ1) is 23.8. The number of carbonyl (C=O) groups is 1. The Morgan fingerprint density at radius 1 is 1.28 bits per heavy atom. The quantitative estimate of drug-likeness (QED) is 0.285. The highest BCUT2D eigenvalue weighted by Crippen LogP contribution is 2.25. The summed E-state index contributed by atoms with van der Waals surface area (Å²) in [5, 5.41) is 33.2. The zero-order valence-corrected chi connectivity index (χ0v) is 18.6. The molecule has 1 aliphatic rings. The van der Waals surface area contributed by atoms with Crippen molar-refractivity contribution in [3.63, 3.8) is 0 Å². The van der Waals surface area contributed by atoms with Crippen LogP contribution in [0.2, 0.25) is 0 Å². The lowest BCUT2D eigenvalue weighted by Crippen LogP contribution is -2.49. The number of benzene rings is 1. The number of nitrogens with zero attached hydrogens (tertiary/aromatic N) is 2. The Labute approximate surface area is 186 Å². The van der Waals surface area contributed by atoms with Crippen molar-refractivity contribution >= 4 is 26.6 Å². The Bertz CT molecular complexity index is 1240. The summed E-state index contributed by atoms with van der Waals surface area (Å²) in [6.07, 6.45) is 2.04. The zero-order chi connectivity index (χ0) is 23.5. The van der Waals surface area contributed by atoms with Gasteiger partial charge in [-0.2, -0.15) is 5.10 Å². The summed E-state index contributed by atoms with van der Waals surface area (Å²) in [4.78, 5) is 11.9. The third kappa shape index (κ3) is 5.12. The zero-order valence-electron chi connectivity index (χ0n) is 17.7. The number of amides is 1. The topological polar surface area (TPSA) is 142 Å². The molecule has 1 saturated carbocycles. The minimum atomic E-state index is -3.78. The molecule has 0 bridgehead atoms. The average molecular weight is 460 g/mol. The van der Waals surface area contributed by atoms with E-state index in [9.17, 15) is 23.4 Å². The predicted octanol–water partition coefficient (Wildman–Crippen LogP) is 0.222. The van der Waals surface area contributed by atoms with Gasteiger partial charge in [-0.05, 0) is 56.2 Å². The molecule has 2 aromatic rings. The van der Waals surface area contributed by atoms with E-state index in [0.29, 0.717) is 18.4 Å². The number of rotatable bonds is 5. The predicted molar refractivity (Wildman–Crippen MR) is 117 cm³/mol. The minimum absolute atomic E-state index is 0.0689. The summed E-state index contributed by atoms with van der Waals surface area (Å²) in [5.74, 6) is 10.4. The molecule has 4 N–H and O–H groups in total. The van der Waals surface area contributed by atoms with Crippen LogP contribution in [0.5, 0.6) is 0 Å². The molecular formula is C22H25N3O6S. The largest absolute Gasteiger partial charge is 0.390 e. The van der Waals surface area contributed by atoms with Crippen molar-refractivity contribution in [1.29, 1.82) is 0 Å². The van der Waals surface area contributed by atoms with E-state index >= 15 is 0 Å². The number of aryl methyl sites for hydroxylation is 1. The van der Waals surface area contributed by atoms with Crippen LogP contribution in [0.4, 0.5) is 0 Å². The minimum Gasteiger partial charge on any atom is -0.390 e. The van der Waals surface area contributed by atoms with Crippen molar-refractivity contribution in [2.24, 2.45) is 5.92 Å². The summed E-state index contributed by atoms with van der Waals surface area (Å²) in [7, 11) is -3.78. The fourth-order valence-electron chi connectivity index (χ4n) is 3.54. The highest BCUT2D eigenvalue weighted by atomic mass is 32.2. The van der Waals surface area contributed by atoms with Gasteiger partial charge in [0.1, 0.15) is 0 Å². The Morgan fingerprint density at radius 3 is 2.59 bits per heavy atom. The molecule has 0 aliphatic heterocycles. The maximum Gasteiger partial charge on any atom is 0.264 e. The second kappa shape index (κ2) is 9.31. The van der Waals surface area contributed by atoms with Crippen LogP contribution in [-0.2, 0) is 21.2 Å². The lowest BCUT2D eigenvalue weighted by Gasteiger charge is -2.24. The van der Waals surface area contributed by atoms with Crippen molar-refractivity contribution in [2.45, 2.75) is 49.7 Å². The Hall–Kier alpha value is -2.89. The van der Waals surface area contributed by atoms with Crippen molar-refractivity contribution in [3.05, 3.63) is 30.0 Å². The lowest BCUT2D eigenvalue weighted by atomic mass is 10.1. The molecule has 1 amide bonds. The van der Waals surface area contributed by atoms with Gasteiger partial charge in [0, 0.05) is 35.9 Å². The number of hydrogen-bond acceptors (Lipinski definition) is 7. The van der Waals surface area contributed by atoms with Gasteiger partial charge in [-0.1, -0.05) is 11.8 Å². The van der Waals surface area contributed by atoms with Gasteiger partial charge in [0.05, 0.1) is 17.7 Å². The van der Waals surface area contributed by atoms with Crippen molar-refractivity contribution in [1.82, 2.24) is 15.3 Å². The molecule has 1 heterocycles. The lowest BCUT2D eigenvalue weighted by molar-refractivity contribution is -0.131. The van der Waals surface area contributed by atoms with Gasteiger partial charge in [-0.15, -0.1) is 0 Å². The third-order valence-corrected chi connectivity index (χ3v) is 7.84. The van der Waals surface area contributed by atoms with Crippen LogP contribution in [0, 0.1) is 29.6 Å². The van der Waals surface area contributed by atoms with Gasteiger partial charge in [0.25, 0.3) is 5.91 Å². The maximum absolute atomic E-state index is 12.1. The van der Waals surface area contributed by atoms with Crippen LogP contribution in [0.3, 0.4) is 0 Å². The van der Waals surface area contributed by atoms with Gasteiger partial charge in [-0.3, -0.25) is 14.7 Å². The highest BCUT2D eigenvalue weighted by Gasteiger charge is 2.43. The smallest absolute Gasteiger partial charge is 0.264 e. The number of nitrogens with one attached hydrogen (secondary N) is 1. The molecular weight excluding hydrogens is 434 g/mol. The fourth-order valence-corrected chi connectivity index (χ4v) is 4.38. The number of hydrogen-bond donors (Lipinski definition) is 4. The summed E-state index contributed by atoms with van der Waals surface area (Å²) in [6.45, 7) is 1.41. The summed E-state index contributed by atoms with van der Waals surface area (Å²) in [5.41, 5.74) is 2.83. The van der Waals surface area contributed by atoms with E-state index in [1.807, 2.05) is 6.07 Å². The highest BCUT2D eigenvalue weighted by molar-refractivity contribution is 7.92. The molecule has 0 unspecified atom stereocenters. The number of carbonyl (C=O) groups excluding carboxylic acids is 1. The molecule has 10 heteroatoms. The first-order valence-electron chi connectivity index (χ1n) is 10.0. The van der Waals surface area contributed by atoms with Gasteiger partial charge < -0.3 is 10.2 Å². The third-order valence-electron chi connectivity index (χ3n) is 5.81. The molecule has 0 radical (unpaired) electrons. The number of hydroxylamine groups is 1. The van der Waals surface area contributed by atoms with Crippen LogP contribution in [0.1, 0.15) is 31.7 Å². The van der Waals surface area contributed by atoms with Gasteiger partial charge in [0.2, 0.25) is 0 Å². The summed E-state index contributed by atoms with van der Waals surface area (Å²) in [6, 6.07) is 5.40. The average Bonchev–Trinajstić information content (AvgIpc) is 3.29. The molecule has 0 saturated heterocycles. The molecule has 1 aromatic heterocycles. The summed E-state index contributed by atoms with van der Waals surface area (Å²) >= 11 is 0. The molecule has 9 nitrogen and oxygen atoms in total. The van der Waals surface area contributed by atoms with E-state index in [2.05, 4.69) is 28.8 Å². The monoisotopic (exact) mass is 459 g/mol. The van der Waals surface area contributed by atoms with Crippen LogP contribution in [0.15, 0.2) is 24.4 Å². The maximum atomic E-state index is 12.1. The second-order valence-electron chi connectivity index (χ2n) is 8.18. The van der Waals surface area contributed by atoms with Crippen molar-refractivity contribution in [3.8, 4) is 23.7 Å². The van der Waals surface area contributed by atoms with Crippen LogP contribution < -0.4 is 5.48 Å². The molecule has 0 spiro atoms. The molecule has 1 aliphatic carbocycles. The van der Waals surface area contributed by atoms with Gasteiger partial charge in [0.15, 0.2) is 14.6 Å². The number of aliphatic hydroxyl groups is 2. The standard InChI is InChI=1S/C22H25N3O6S/c1-22(21(28)24-29,32(2,30)31)9-10-25-14-17-11-15(7-8-18(17)23-25)5-3-4-6-16-12-19(26)20(27)13-16/h7-8,11,14,16,19-20,26-27,29H,9-10,12-13H2,1-2H3,(H,24,28)/t16-,19+,20-,22-/m1/s1. The first-order valence-corrected chi connectivity index (χ1v) is 11.9. The van der Waals surface area contributed by atoms with Crippen molar-refractivity contribution in [2.75, 3.05) is 6.26 Å². The molecule has 4 atom stereocenters. The summed E-state index contributed by atoms with van der Waals surface area (Å²) < 4.78 is 23.9. The SMILES string of the molecule is C[C@@](CCn1cc2cc(C#CC#C[C@H]3C[C@@H](O)[C@@H](O)C3)ccc2n1)(C(=O)NO)S(C)(=O)=O. The van der Waals surface area contributed by atoms with Crippen LogP contribution in [0.25, 0.3) is 10.9 Å². The van der Waals surface area contributed by atoms with E-state index < -0.39 is 32.7 Å². The molecule has 3 rings (SSSR count). The molecule has 170 valence electrons. The van der Waals surface area contributed by atoms with E-state index in [1.165, 1.54) is 12.4 Å². The number of aromatic nitrogens is 2. The Balaban J connectivity index is 1.71. The molecule has 1 fully saturated rings. The normalized spacial score (nSPS) is 22.3. The Kier molecular flexibility index (Phi) is 6.91. The number of fused-ring (bicyclic) bond motifs is 1. The Morgan fingerprint density at radius 2 is 1.97 bits per heavy atom.